The molecule has 0 saturated carbocycles. The molecule has 0 aliphatic carbocycles. The van der Waals surface area contributed by atoms with E-state index < -0.39 is 23.6 Å². The van der Waals surface area contributed by atoms with Crippen LogP contribution >= 0.6 is 0 Å². The molecule has 0 radical (unpaired) electrons. The molecule has 1 unspecified atom stereocenters. The summed E-state index contributed by atoms with van der Waals surface area (Å²) >= 11 is 0. The minimum Gasteiger partial charge on any atom is -0.508 e. The lowest BCUT2D eigenvalue weighted by molar-refractivity contribution is -0.298. The number of β-amino-alcohol motifs (C(OH)–C–C–N with tert-alkyl or cyclic N) is 1. The van der Waals surface area contributed by atoms with E-state index in [0.717, 1.165) is 23.2 Å². The van der Waals surface area contributed by atoms with Crippen LogP contribution in [-0.2, 0) is 31.5 Å². The van der Waals surface area contributed by atoms with Crippen LogP contribution in [0.1, 0.15) is 42.5 Å². The number of carbonyl (C=O) groups excluding carboxylic acids is 2. The number of carbonyl (C=O) groups is 2. The van der Waals surface area contributed by atoms with Gasteiger partial charge in [-0.25, -0.2) is 18.9 Å². The lowest BCUT2D eigenvalue weighted by atomic mass is 9.90. The number of halogens is 1. The number of ether oxygens (including phenoxy) is 2. The second kappa shape index (κ2) is 8.90. The molecule has 1 spiro atoms. The Morgan fingerprint density at radius 3 is 2.53 bits per heavy atom. The smallest absolute Gasteiger partial charge is 0.350 e. The zero-order valence-electron chi connectivity index (χ0n) is 20.6. The van der Waals surface area contributed by atoms with Crippen LogP contribution in [0, 0.1) is 5.82 Å². The average Bonchev–Trinajstić information content (AvgIpc) is 3.35. The van der Waals surface area contributed by atoms with Gasteiger partial charge in [-0.1, -0.05) is 5.16 Å². The van der Waals surface area contributed by atoms with E-state index in [4.69, 9.17) is 14.0 Å². The number of phenolic OH excluding ortho intramolecular Hbond substituents is 1. The monoisotopic (exact) mass is 523 g/mol. The maximum Gasteiger partial charge on any atom is 0.350 e. The van der Waals surface area contributed by atoms with Crippen molar-refractivity contribution in [3.05, 3.63) is 71.2 Å². The van der Waals surface area contributed by atoms with Crippen LogP contribution in [0.25, 0.3) is 11.0 Å². The van der Waals surface area contributed by atoms with Crippen molar-refractivity contribution in [2.75, 3.05) is 19.6 Å². The Morgan fingerprint density at radius 2 is 1.82 bits per heavy atom. The fourth-order valence-electron chi connectivity index (χ4n) is 5.72. The standard InChI is InChI=1S/C27H26FN3O7/c1-26(35,30-10-8-16(9-11-30)25-20-4-2-18(28)13-22(20)38-29-25)15-31-14-17-12-19(32)3-5-21(17)27(31)36-23(33)6-7-24(34)37-27/h2-7,12-13,16,32,35H,8-11,14-15H2,1H3. The highest BCUT2D eigenvalue weighted by Gasteiger charge is 2.55. The van der Waals surface area contributed by atoms with Gasteiger partial charge in [-0.05, 0) is 55.7 Å². The van der Waals surface area contributed by atoms with Gasteiger partial charge in [-0.2, -0.15) is 0 Å². The van der Waals surface area contributed by atoms with Crippen molar-refractivity contribution in [2.24, 2.45) is 0 Å². The van der Waals surface area contributed by atoms with Gasteiger partial charge in [-0.3, -0.25) is 4.90 Å². The van der Waals surface area contributed by atoms with E-state index in [-0.39, 0.29) is 30.6 Å². The molecular formula is C27H26FN3O7. The summed E-state index contributed by atoms with van der Waals surface area (Å²) < 4.78 is 30.2. The van der Waals surface area contributed by atoms with Gasteiger partial charge in [0.25, 0.3) is 0 Å². The van der Waals surface area contributed by atoms with Gasteiger partial charge in [0.15, 0.2) is 5.58 Å². The Labute approximate surface area is 216 Å². The normalized spacial score (nSPS) is 21.8. The second-order valence-electron chi connectivity index (χ2n) is 10.1. The highest BCUT2D eigenvalue weighted by Crippen LogP contribution is 2.45. The molecule has 2 aromatic carbocycles. The summed E-state index contributed by atoms with van der Waals surface area (Å²) in [7, 11) is 0. The number of phenols is 1. The maximum absolute atomic E-state index is 13.5. The molecule has 4 heterocycles. The lowest BCUT2D eigenvalue weighted by Crippen LogP contribution is -2.59. The number of aliphatic hydroxyl groups is 1. The van der Waals surface area contributed by atoms with Crippen molar-refractivity contribution in [1.29, 1.82) is 0 Å². The first-order valence-corrected chi connectivity index (χ1v) is 12.4. The molecule has 10 nitrogen and oxygen atoms in total. The van der Waals surface area contributed by atoms with Crippen molar-refractivity contribution >= 4 is 22.9 Å². The molecule has 1 saturated heterocycles. The SMILES string of the molecule is CC(O)(CN1Cc2cc(O)ccc2C12OC(=O)C=CC(=O)O2)N1CCC(c2noc3cc(F)ccc23)CC1. The first-order valence-electron chi connectivity index (χ1n) is 12.4. The molecule has 1 atom stereocenters. The molecule has 0 bridgehead atoms. The van der Waals surface area contributed by atoms with Crippen LogP contribution in [0.5, 0.6) is 5.75 Å². The molecule has 6 rings (SSSR count). The van der Waals surface area contributed by atoms with E-state index in [9.17, 15) is 24.2 Å². The third-order valence-electron chi connectivity index (χ3n) is 7.56. The zero-order valence-corrected chi connectivity index (χ0v) is 20.6. The van der Waals surface area contributed by atoms with Crippen molar-refractivity contribution < 1.29 is 38.2 Å². The summed E-state index contributed by atoms with van der Waals surface area (Å²) in [6, 6.07) is 8.87. The first kappa shape index (κ1) is 24.5. The topological polar surface area (TPSA) is 126 Å². The van der Waals surface area contributed by atoms with Gasteiger partial charge in [0.1, 0.15) is 17.3 Å². The van der Waals surface area contributed by atoms with E-state index in [2.05, 4.69) is 5.16 Å². The Kier molecular flexibility index (Phi) is 5.74. The van der Waals surface area contributed by atoms with Crippen LogP contribution in [0.3, 0.4) is 0 Å². The number of likely N-dealkylation sites (tertiary alicyclic amines) is 1. The maximum atomic E-state index is 13.5. The lowest BCUT2D eigenvalue weighted by Gasteiger charge is -2.45. The fraction of sp³-hybridized carbons (Fsp3) is 0.370. The van der Waals surface area contributed by atoms with E-state index >= 15 is 0 Å². The number of nitrogens with zero attached hydrogens (tertiary/aromatic N) is 3. The molecule has 3 aliphatic rings. The quantitative estimate of drug-likeness (QED) is 0.493. The third kappa shape index (κ3) is 4.12. The summed E-state index contributed by atoms with van der Waals surface area (Å²) in [6.07, 6.45) is 3.36. The molecule has 198 valence electrons. The minimum atomic E-state index is -1.88. The molecule has 0 amide bonds. The highest BCUT2D eigenvalue weighted by molar-refractivity contribution is 5.93. The molecular weight excluding hydrogens is 497 g/mol. The van der Waals surface area contributed by atoms with Gasteiger partial charge in [0.05, 0.1) is 11.3 Å². The number of benzene rings is 2. The number of hydrogen-bond donors (Lipinski definition) is 2. The number of fused-ring (bicyclic) bond motifs is 3. The van der Waals surface area contributed by atoms with Gasteiger partial charge in [0, 0.05) is 55.7 Å². The molecule has 1 aromatic heterocycles. The molecule has 2 N–H and O–H groups in total. The van der Waals surface area contributed by atoms with Gasteiger partial charge in [-0.15, -0.1) is 0 Å². The number of rotatable bonds is 4. The Hall–Kier alpha value is -3.80. The van der Waals surface area contributed by atoms with Crippen LogP contribution < -0.4 is 0 Å². The molecule has 3 aromatic rings. The van der Waals surface area contributed by atoms with Crippen molar-refractivity contribution in [2.45, 2.75) is 43.9 Å². The Morgan fingerprint density at radius 1 is 1.11 bits per heavy atom. The first-order chi connectivity index (χ1) is 18.1. The molecule has 11 heteroatoms. The van der Waals surface area contributed by atoms with Gasteiger partial charge < -0.3 is 24.2 Å². The predicted molar refractivity (Wildman–Crippen MR) is 130 cm³/mol. The molecule has 1 fully saturated rings. The van der Waals surface area contributed by atoms with E-state index in [1.165, 1.54) is 24.3 Å². The summed E-state index contributed by atoms with van der Waals surface area (Å²) in [5.74, 6) is -3.69. The minimum absolute atomic E-state index is 0.0158. The molecule has 3 aliphatic heterocycles. The average molecular weight is 524 g/mol. The van der Waals surface area contributed by atoms with E-state index in [1.807, 2.05) is 4.90 Å². The van der Waals surface area contributed by atoms with Crippen LogP contribution in [-0.4, -0.2) is 62.5 Å². The van der Waals surface area contributed by atoms with E-state index in [0.29, 0.717) is 42.6 Å². The van der Waals surface area contributed by atoms with Crippen LogP contribution in [0.2, 0.25) is 0 Å². The zero-order chi connectivity index (χ0) is 26.7. The van der Waals surface area contributed by atoms with Crippen molar-refractivity contribution in [3.8, 4) is 5.75 Å². The number of aromatic nitrogens is 1. The second-order valence-corrected chi connectivity index (χ2v) is 10.1. The summed E-state index contributed by atoms with van der Waals surface area (Å²) in [4.78, 5) is 28.3. The predicted octanol–water partition coefficient (Wildman–Crippen LogP) is 2.84. The van der Waals surface area contributed by atoms with Crippen molar-refractivity contribution in [1.82, 2.24) is 15.0 Å². The van der Waals surface area contributed by atoms with Crippen LogP contribution in [0.4, 0.5) is 4.39 Å². The summed E-state index contributed by atoms with van der Waals surface area (Å²) in [6.45, 7) is 2.86. The molecule has 38 heavy (non-hydrogen) atoms. The van der Waals surface area contributed by atoms with Gasteiger partial charge in [0.2, 0.25) is 0 Å². The number of hydrogen-bond acceptors (Lipinski definition) is 10. The number of aromatic hydroxyl groups is 1. The Balaban J connectivity index is 1.22. The highest BCUT2D eigenvalue weighted by atomic mass is 19.1. The summed E-state index contributed by atoms with van der Waals surface area (Å²) in [5, 5.41) is 26.6. The van der Waals surface area contributed by atoms with E-state index in [1.54, 1.807) is 24.0 Å². The number of esters is 2. The van der Waals surface area contributed by atoms with Crippen molar-refractivity contribution in [3.63, 3.8) is 0 Å². The fourth-order valence-corrected chi connectivity index (χ4v) is 5.72. The van der Waals surface area contributed by atoms with Gasteiger partial charge >= 0.3 is 17.8 Å². The third-order valence-corrected chi connectivity index (χ3v) is 7.56. The number of piperidine rings is 1. The largest absolute Gasteiger partial charge is 0.508 e. The van der Waals surface area contributed by atoms with Crippen LogP contribution in [0.15, 0.2) is 53.1 Å². The Bertz CT molecular complexity index is 1440. The summed E-state index contributed by atoms with van der Waals surface area (Å²) in [5.41, 5.74) is 0.801.